The number of H-pyrrole nitrogens is 1. The number of nitrogens with one attached hydrogen (secondary N) is 2. The van der Waals surface area contributed by atoms with Gasteiger partial charge in [-0.1, -0.05) is 0 Å². The number of carbonyl (C=O) groups excluding carboxylic acids is 1. The molecule has 1 aliphatic rings. The molecular weight excluding hydrogens is 386 g/mol. The average molecular weight is 410 g/mol. The van der Waals surface area contributed by atoms with Crippen molar-refractivity contribution in [2.75, 3.05) is 11.9 Å². The van der Waals surface area contributed by atoms with Crippen molar-refractivity contribution in [3.8, 4) is 0 Å². The van der Waals surface area contributed by atoms with E-state index in [0.29, 0.717) is 18.2 Å². The summed E-state index contributed by atoms with van der Waals surface area (Å²) in [6.07, 6.45) is 11.4. The summed E-state index contributed by atoms with van der Waals surface area (Å²) in [5.74, 6) is 1.35. The highest BCUT2D eigenvalue weighted by Gasteiger charge is 2.28. The molecule has 2 N–H and O–H groups in total. The summed E-state index contributed by atoms with van der Waals surface area (Å²) in [7, 11) is 0. The predicted molar refractivity (Wildman–Crippen MR) is 113 cm³/mol. The number of aromatic nitrogens is 5. The van der Waals surface area contributed by atoms with Crippen LogP contribution in [0.4, 0.5) is 10.9 Å². The largest absolute Gasteiger partial charge is 0.345 e. The van der Waals surface area contributed by atoms with Gasteiger partial charge in [0.15, 0.2) is 5.13 Å². The number of hydrogen-bond donors (Lipinski definition) is 2. The van der Waals surface area contributed by atoms with Crippen LogP contribution in [0.15, 0.2) is 30.9 Å². The Labute approximate surface area is 173 Å². The number of likely N-dealkylation sites (tertiary alicyclic amines) is 1. The summed E-state index contributed by atoms with van der Waals surface area (Å²) < 4.78 is 0. The first-order chi connectivity index (χ1) is 14.1. The lowest BCUT2D eigenvalue weighted by Crippen LogP contribution is -2.38. The molecule has 1 saturated heterocycles. The molecule has 0 unspecified atom stereocenters. The number of aromatic amines is 1. The number of anilines is 2. The lowest BCUT2D eigenvalue weighted by atomic mass is 9.98. The SMILES string of the molecule is Cc1nc(Nc2ncc(C)s2)cc([C@H]2CCCCN2C(=O)/C=C/c2cnc[nH]2)n1. The summed E-state index contributed by atoms with van der Waals surface area (Å²) in [6, 6.07) is 1.86. The first kappa shape index (κ1) is 19.3. The van der Waals surface area contributed by atoms with Crippen LogP contribution in [-0.2, 0) is 4.79 Å². The molecule has 4 heterocycles. The molecule has 0 spiro atoms. The van der Waals surface area contributed by atoms with Crippen LogP contribution in [0.1, 0.15) is 47.4 Å². The number of rotatable bonds is 5. The van der Waals surface area contributed by atoms with E-state index in [0.717, 1.165) is 40.7 Å². The zero-order valence-corrected chi connectivity index (χ0v) is 17.2. The van der Waals surface area contributed by atoms with Gasteiger partial charge in [0.1, 0.15) is 11.6 Å². The van der Waals surface area contributed by atoms with Crippen molar-refractivity contribution in [1.82, 2.24) is 29.8 Å². The fourth-order valence-corrected chi connectivity index (χ4v) is 4.14. The lowest BCUT2D eigenvalue weighted by molar-refractivity contribution is -0.129. The van der Waals surface area contributed by atoms with Crippen LogP contribution in [0.25, 0.3) is 6.08 Å². The molecule has 0 aliphatic carbocycles. The van der Waals surface area contributed by atoms with Crippen LogP contribution in [0.5, 0.6) is 0 Å². The molecule has 1 atom stereocenters. The van der Waals surface area contributed by atoms with E-state index in [1.807, 2.05) is 31.0 Å². The van der Waals surface area contributed by atoms with E-state index in [4.69, 9.17) is 0 Å². The topological polar surface area (TPSA) is 99.7 Å². The van der Waals surface area contributed by atoms with Gasteiger partial charge in [0.05, 0.1) is 30.0 Å². The van der Waals surface area contributed by atoms with Gasteiger partial charge in [-0.15, -0.1) is 11.3 Å². The number of piperidine rings is 1. The number of hydrogen-bond acceptors (Lipinski definition) is 7. The third kappa shape index (κ3) is 4.68. The Hall–Kier alpha value is -3.07. The summed E-state index contributed by atoms with van der Waals surface area (Å²) in [4.78, 5) is 36.3. The van der Waals surface area contributed by atoms with Crippen LogP contribution in [0.2, 0.25) is 0 Å². The Morgan fingerprint density at radius 1 is 1.31 bits per heavy atom. The van der Waals surface area contributed by atoms with E-state index in [2.05, 4.69) is 30.2 Å². The molecule has 0 radical (unpaired) electrons. The molecule has 0 aromatic carbocycles. The van der Waals surface area contributed by atoms with Crippen LogP contribution in [-0.4, -0.2) is 42.3 Å². The van der Waals surface area contributed by atoms with E-state index in [1.165, 1.54) is 0 Å². The Balaban J connectivity index is 1.56. The fourth-order valence-electron chi connectivity index (χ4n) is 3.47. The Morgan fingerprint density at radius 2 is 2.21 bits per heavy atom. The summed E-state index contributed by atoms with van der Waals surface area (Å²) in [5.41, 5.74) is 1.66. The molecule has 8 nitrogen and oxygen atoms in total. The molecule has 1 fully saturated rings. The number of thiazole rings is 1. The Morgan fingerprint density at radius 3 is 2.97 bits per heavy atom. The van der Waals surface area contributed by atoms with Gasteiger partial charge < -0.3 is 15.2 Å². The maximum Gasteiger partial charge on any atom is 0.247 e. The van der Waals surface area contributed by atoms with Crippen molar-refractivity contribution < 1.29 is 4.79 Å². The molecular formula is C20H23N7OS. The maximum absolute atomic E-state index is 12.9. The summed E-state index contributed by atoms with van der Waals surface area (Å²) in [6.45, 7) is 4.60. The van der Waals surface area contributed by atoms with E-state index in [-0.39, 0.29) is 11.9 Å². The lowest BCUT2D eigenvalue weighted by Gasteiger charge is -2.35. The van der Waals surface area contributed by atoms with Gasteiger partial charge in [0, 0.05) is 29.8 Å². The maximum atomic E-state index is 12.9. The van der Waals surface area contributed by atoms with Crippen LogP contribution < -0.4 is 5.32 Å². The normalized spacial score (nSPS) is 17.0. The van der Waals surface area contributed by atoms with E-state index >= 15 is 0 Å². The number of nitrogens with zero attached hydrogens (tertiary/aromatic N) is 5. The van der Waals surface area contributed by atoms with Crippen LogP contribution in [0.3, 0.4) is 0 Å². The van der Waals surface area contributed by atoms with Gasteiger partial charge in [-0.2, -0.15) is 0 Å². The number of aryl methyl sites for hydroxylation is 2. The highest BCUT2D eigenvalue weighted by atomic mass is 32.1. The first-order valence-corrected chi connectivity index (χ1v) is 10.4. The van der Waals surface area contributed by atoms with Crippen molar-refractivity contribution in [2.45, 2.75) is 39.2 Å². The van der Waals surface area contributed by atoms with Gasteiger partial charge in [-0.25, -0.2) is 19.9 Å². The average Bonchev–Trinajstić information content (AvgIpc) is 3.37. The second kappa shape index (κ2) is 8.52. The smallest absolute Gasteiger partial charge is 0.247 e. The van der Waals surface area contributed by atoms with Gasteiger partial charge in [-0.3, -0.25) is 4.79 Å². The van der Waals surface area contributed by atoms with Crippen molar-refractivity contribution in [2.24, 2.45) is 0 Å². The molecule has 1 aliphatic heterocycles. The second-order valence-corrected chi connectivity index (χ2v) is 8.24. The van der Waals surface area contributed by atoms with Gasteiger partial charge in [0.25, 0.3) is 0 Å². The second-order valence-electron chi connectivity index (χ2n) is 7.01. The molecule has 0 bridgehead atoms. The molecule has 0 saturated carbocycles. The quantitative estimate of drug-likeness (QED) is 0.622. The van der Waals surface area contributed by atoms with Crippen molar-refractivity contribution in [3.63, 3.8) is 0 Å². The molecule has 3 aromatic rings. The fraction of sp³-hybridized carbons (Fsp3) is 0.350. The van der Waals surface area contributed by atoms with Crippen LogP contribution in [0, 0.1) is 13.8 Å². The Kier molecular flexibility index (Phi) is 5.66. The van der Waals surface area contributed by atoms with Gasteiger partial charge >= 0.3 is 0 Å². The predicted octanol–water partition coefficient (Wildman–Crippen LogP) is 3.78. The Bertz CT molecular complexity index is 1010. The standard InChI is InChI=1S/C20H23N7OS/c1-13-10-22-20(29-13)26-18-9-16(24-14(2)25-18)17-5-3-4-8-27(17)19(28)7-6-15-11-21-12-23-15/h6-7,9-12,17H,3-5,8H2,1-2H3,(H,21,23)(H,22,24,25,26)/b7-6+/t17-/m1/s1. The summed E-state index contributed by atoms with van der Waals surface area (Å²) in [5, 5.41) is 4.06. The molecule has 3 aromatic heterocycles. The minimum absolute atomic E-state index is 0.0226. The molecule has 4 rings (SSSR count). The minimum atomic E-state index is -0.0667. The van der Waals surface area contributed by atoms with E-state index in [9.17, 15) is 4.79 Å². The highest BCUT2D eigenvalue weighted by molar-refractivity contribution is 7.15. The van der Waals surface area contributed by atoms with Gasteiger partial charge in [0.2, 0.25) is 5.91 Å². The highest BCUT2D eigenvalue weighted by Crippen LogP contribution is 2.32. The van der Waals surface area contributed by atoms with Crippen molar-refractivity contribution >= 4 is 34.3 Å². The van der Waals surface area contributed by atoms with Gasteiger partial charge in [-0.05, 0) is 39.2 Å². The third-order valence-electron chi connectivity index (χ3n) is 4.77. The summed E-state index contributed by atoms with van der Waals surface area (Å²) >= 11 is 1.58. The van der Waals surface area contributed by atoms with Crippen molar-refractivity contribution in [1.29, 1.82) is 0 Å². The zero-order chi connectivity index (χ0) is 20.2. The molecule has 150 valence electrons. The third-order valence-corrected chi connectivity index (χ3v) is 5.59. The van der Waals surface area contributed by atoms with E-state index < -0.39 is 0 Å². The first-order valence-electron chi connectivity index (χ1n) is 9.60. The molecule has 29 heavy (non-hydrogen) atoms. The molecule has 9 heteroatoms. The van der Waals surface area contributed by atoms with Crippen molar-refractivity contribution in [3.05, 3.63) is 53.0 Å². The van der Waals surface area contributed by atoms with Crippen LogP contribution >= 0.6 is 11.3 Å². The number of amides is 1. The number of carbonyl (C=O) groups is 1. The van der Waals surface area contributed by atoms with E-state index in [1.54, 1.807) is 36.0 Å². The number of imidazole rings is 1. The zero-order valence-electron chi connectivity index (χ0n) is 16.4. The minimum Gasteiger partial charge on any atom is -0.345 e. The molecule has 1 amide bonds. The monoisotopic (exact) mass is 409 g/mol.